The second-order valence-corrected chi connectivity index (χ2v) is 6.68. The van der Waals surface area contributed by atoms with Crippen molar-refractivity contribution in [3.8, 4) is 0 Å². The average molecular weight is 328 g/mol. The van der Waals surface area contributed by atoms with Crippen molar-refractivity contribution in [2.75, 3.05) is 38.1 Å². The van der Waals surface area contributed by atoms with Crippen molar-refractivity contribution in [2.24, 2.45) is 4.99 Å². The Labute approximate surface area is 142 Å². The number of hydrogen-bond acceptors (Lipinski definition) is 3. The summed E-state index contributed by atoms with van der Waals surface area (Å²) in [5.74, 6) is 0.999. The molecule has 1 aliphatic rings. The number of nitrogens with zero attached hydrogens (tertiary/aromatic N) is 3. The molecule has 0 spiro atoms. The SMILES string of the molecule is CN=C(NCc1ccccc1C)N1CCN(c2cccs2)CC1. The minimum Gasteiger partial charge on any atom is -0.360 e. The molecule has 3 rings (SSSR count). The Morgan fingerprint density at radius 2 is 1.91 bits per heavy atom. The Hall–Kier alpha value is -2.01. The molecule has 1 aromatic carbocycles. The van der Waals surface area contributed by atoms with Gasteiger partial charge in [-0.25, -0.2) is 0 Å². The van der Waals surface area contributed by atoms with Crippen LogP contribution < -0.4 is 10.2 Å². The van der Waals surface area contributed by atoms with Gasteiger partial charge in [-0.05, 0) is 35.6 Å². The van der Waals surface area contributed by atoms with Gasteiger partial charge in [0.05, 0.1) is 5.00 Å². The fraction of sp³-hybridized carbons (Fsp3) is 0.389. The zero-order valence-corrected chi connectivity index (χ0v) is 14.6. The summed E-state index contributed by atoms with van der Waals surface area (Å²) in [6.45, 7) is 7.08. The number of thiophene rings is 1. The van der Waals surface area contributed by atoms with Crippen LogP contribution in [0.2, 0.25) is 0 Å². The minimum absolute atomic E-state index is 0.824. The second kappa shape index (κ2) is 7.51. The summed E-state index contributed by atoms with van der Waals surface area (Å²) >= 11 is 1.82. The Kier molecular flexibility index (Phi) is 5.18. The molecule has 4 nitrogen and oxygen atoms in total. The van der Waals surface area contributed by atoms with Crippen LogP contribution in [0.25, 0.3) is 0 Å². The highest BCUT2D eigenvalue weighted by atomic mass is 32.1. The molecule has 0 unspecified atom stereocenters. The van der Waals surface area contributed by atoms with Gasteiger partial charge in [0, 0.05) is 39.8 Å². The van der Waals surface area contributed by atoms with Crippen molar-refractivity contribution in [1.29, 1.82) is 0 Å². The van der Waals surface area contributed by atoms with Crippen LogP contribution in [0.5, 0.6) is 0 Å². The van der Waals surface area contributed by atoms with E-state index in [0.29, 0.717) is 0 Å². The van der Waals surface area contributed by atoms with Crippen LogP contribution in [-0.4, -0.2) is 44.1 Å². The predicted molar refractivity (Wildman–Crippen MR) is 99.5 cm³/mol. The first-order chi connectivity index (χ1) is 11.3. The Balaban J connectivity index is 1.55. The van der Waals surface area contributed by atoms with Crippen molar-refractivity contribution in [3.05, 3.63) is 52.9 Å². The monoisotopic (exact) mass is 328 g/mol. The third-order valence-electron chi connectivity index (χ3n) is 4.31. The molecule has 1 N–H and O–H groups in total. The molecule has 0 atom stereocenters. The van der Waals surface area contributed by atoms with Crippen molar-refractivity contribution in [3.63, 3.8) is 0 Å². The summed E-state index contributed by atoms with van der Waals surface area (Å²) in [6, 6.07) is 12.8. The van der Waals surface area contributed by atoms with Crippen molar-refractivity contribution in [1.82, 2.24) is 10.2 Å². The maximum Gasteiger partial charge on any atom is 0.194 e. The lowest BCUT2D eigenvalue weighted by Crippen LogP contribution is -2.52. The van der Waals surface area contributed by atoms with E-state index in [0.717, 1.165) is 38.7 Å². The van der Waals surface area contributed by atoms with Crippen LogP contribution in [0, 0.1) is 6.92 Å². The van der Waals surface area contributed by atoms with E-state index < -0.39 is 0 Å². The number of anilines is 1. The summed E-state index contributed by atoms with van der Waals surface area (Å²) in [7, 11) is 1.87. The highest BCUT2D eigenvalue weighted by molar-refractivity contribution is 7.14. The van der Waals surface area contributed by atoms with Crippen LogP contribution in [0.3, 0.4) is 0 Å². The Bertz CT molecular complexity index is 643. The molecular weight excluding hydrogens is 304 g/mol. The molecule has 0 radical (unpaired) electrons. The molecule has 5 heteroatoms. The highest BCUT2D eigenvalue weighted by Crippen LogP contribution is 2.22. The maximum absolute atomic E-state index is 4.46. The van der Waals surface area contributed by atoms with E-state index in [1.54, 1.807) is 0 Å². The van der Waals surface area contributed by atoms with E-state index in [-0.39, 0.29) is 0 Å². The number of benzene rings is 1. The molecule has 0 amide bonds. The molecule has 0 aliphatic carbocycles. The molecule has 1 saturated heterocycles. The molecule has 1 aliphatic heterocycles. The normalized spacial score (nSPS) is 15.8. The maximum atomic E-state index is 4.46. The lowest BCUT2D eigenvalue weighted by Gasteiger charge is -2.37. The molecule has 23 heavy (non-hydrogen) atoms. The molecule has 0 bridgehead atoms. The third-order valence-corrected chi connectivity index (χ3v) is 5.24. The molecule has 0 saturated carbocycles. The summed E-state index contributed by atoms with van der Waals surface area (Å²) in [6.07, 6.45) is 0. The first-order valence-electron chi connectivity index (χ1n) is 8.06. The fourth-order valence-electron chi connectivity index (χ4n) is 2.90. The van der Waals surface area contributed by atoms with Crippen molar-refractivity contribution in [2.45, 2.75) is 13.5 Å². The van der Waals surface area contributed by atoms with E-state index in [9.17, 15) is 0 Å². The number of rotatable bonds is 3. The zero-order valence-electron chi connectivity index (χ0n) is 13.8. The van der Waals surface area contributed by atoms with Crippen LogP contribution in [0.4, 0.5) is 5.00 Å². The third kappa shape index (κ3) is 3.85. The molecule has 122 valence electrons. The summed E-state index contributed by atoms with van der Waals surface area (Å²) in [5, 5.41) is 7.02. The molecular formula is C18H24N4S. The molecule has 2 heterocycles. The van der Waals surface area contributed by atoms with Gasteiger partial charge in [0.25, 0.3) is 0 Å². The summed E-state index contributed by atoms with van der Waals surface area (Å²) in [4.78, 5) is 9.26. The standard InChI is InChI=1S/C18H24N4S/c1-15-6-3-4-7-16(15)14-20-18(19-2)22-11-9-21(10-12-22)17-8-5-13-23-17/h3-8,13H,9-12,14H2,1-2H3,(H,19,20). The van der Waals surface area contributed by atoms with Crippen LogP contribution >= 0.6 is 11.3 Å². The van der Waals surface area contributed by atoms with Gasteiger partial charge in [-0.3, -0.25) is 4.99 Å². The van der Waals surface area contributed by atoms with E-state index in [2.05, 4.69) is 68.8 Å². The Morgan fingerprint density at radius 3 is 2.57 bits per heavy atom. The van der Waals surface area contributed by atoms with Crippen LogP contribution in [0.15, 0.2) is 46.8 Å². The summed E-state index contributed by atoms with van der Waals surface area (Å²) < 4.78 is 0. The van der Waals surface area contributed by atoms with Gasteiger partial charge in [-0.1, -0.05) is 24.3 Å². The molecule has 1 aromatic heterocycles. The number of hydrogen-bond donors (Lipinski definition) is 1. The van der Waals surface area contributed by atoms with E-state index in [1.807, 2.05) is 18.4 Å². The lowest BCUT2D eigenvalue weighted by molar-refractivity contribution is 0.373. The van der Waals surface area contributed by atoms with Gasteiger partial charge in [0.15, 0.2) is 5.96 Å². The molecule has 2 aromatic rings. The first-order valence-corrected chi connectivity index (χ1v) is 8.94. The number of piperazine rings is 1. The van der Waals surface area contributed by atoms with Crippen molar-refractivity contribution >= 4 is 22.3 Å². The van der Waals surface area contributed by atoms with E-state index in [4.69, 9.17) is 0 Å². The zero-order chi connectivity index (χ0) is 16.1. The van der Waals surface area contributed by atoms with E-state index >= 15 is 0 Å². The second-order valence-electron chi connectivity index (χ2n) is 5.75. The van der Waals surface area contributed by atoms with Gasteiger partial charge < -0.3 is 15.1 Å². The smallest absolute Gasteiger partial charge is 0.194 e. The topological polar surface area (TPSA) is 30.9 Å². The van der Waals surface area contributed by atoms with Crippen LogP contribution in [-0.2, 0) is 6.54 Å². The number of aliphatic imine (C=N–C) groups is 1. The fourth-order valence-corrected chi connectivity index (χ4v) is 3.69. The summed E-state index contributed by atoms with van der Waals surface area (Å²) in [5.41, 5.74) is 2.64. The number of guanidine groups is 1. The largest absolute Gasteiger partial charge is 0.360 e. The van der Waals surface area contributed by atoms with Gasteiger partial charge >= 0.3 is 0 Å². The Morgan fingerprint density at radius 1 is 1.13 bits per heavy atom. The minimum atomic E-state index is 0.824. The van der Waals surface area contributed by atoms with Crippen molar-refractivity contribution < 1.29 is 0 Å². The highest BCUT2D eigenvalue weighted by Gasteiger charge is 2.20. The van der Waals surface area contributed by atoms with Gasteiger partial charge in [-0.15, -0.1) is 11.3 Å². The van der Waals surface area contributed by atoms with Gasteiger partial charge in [-0.2, -0.15) is 0 Å². The number of nitrogens with one attached hydrogen (secondary N) is 1. The van der Waals surface area contributed by atoms with Crippen LogP contribution in [0.1, 0.15) is 11.1 Å². The predicted octanol–water partition coefficient (Wildman–Crippen LogP) is 2.95. The van der Waals surface area contributed by atoms with E-state index in [1.165, 1.54) is 16.1 Å². The van der Waals surface area contributed by atoms with Gasteiger partial charge in [0.1, 0.15) is 0 Å². The quantitative estimate of drug-likeness (QED) is 0.694. The molecule has 1 fully saturated rings. The average Bonchev–Trinajstić information content (AvgIpc) is 3.12. The van der Waals surface area contributed by atoms with Gasteiger partial charge in [0.2, 0.25) is 0 Å². The first kappa shape index (κ1) is 15.9. The number of aryl methyl sites for hydroxylation is 1. The lowest BCUT2D eigenvalue weighted by atomic mass is 10.1.